The van der Waals surface area contributed by atoms with Crippen LogP contribution in [0.1, 0.15) is 24.1 Å². The first kappa shape index (κ1) is 18.6. The molecule has 2 bridgehead atoms. The van der Waals surface area contributed by atoms with Crippen LogP contribution in [0.2, 0.25) is 0 Å². The van der Waals surface area contributed by atoms with Crippen LogP contribution in [0.4, 0.5) is 0 Å². The van der Waals surface area contributed by atoms with Crippen molar-refractivity contribution in [2.75, 3.05) is 46.8 Å². The van der Waals surface area contributed by atoms with Gasteiger partial charge in [-0.15, -0.1) is 0 Å². The first-order chi connectivity index (χ1) is 12.3. The van der Waals surface area contributed by atoms with Gasteiger partial charge < -0.3 is 19.9 Å². The fourth-order valence-corrected chi connectivity index (χ4v) is 4.28. The smallest absolute Gasteiger partial charge is 0.317 e. The zero-order valence-corrected chi connectivity index (χ0v) is 15.2. The van der Waals surface area contributed by atoms with Gasteiger partial charge in [0.2, 0.25) is 5.91 Å². The van der Waals surface area contributed by atoms with Crippen molar-refractivity contribution in [3.8, 4) is 0 Å². The summed E-state index contributed by atoms with van der Waals surface area (Å²) in [5.74, 6) is -0.636. The summed E-state index contributed by atoms with van der Waals surface area (Å²) in [5.41, 5.74) is 0.881. The van der Waals surface area contributed by atoms with Gasteiger partial charge in [0.15, 0.2) is 0 Å². The lowest BCUT2D eigenvalue weighted by Crippen LogP contribution is -2.53. The molecule has 26 heavy (non-hydrogen) atoms. The molecule has 3 atom stereocenters. The number of amides is 1. The molecule has 0 spiro atoms. The monoisotopic (exact) mass is 362 g/mol. The molecule has 0 saturated carbocycles. The van der Waals surface area contributed by atoms with E-state index < -0.39 is 5.97 Å². The number of likely N-dealkylation sites (tertiary alicyclic amines) is 1. The van der Waals surface area contributed by atoms with Crippen LogP contribution in [0, 0.1) is 5.92 Å². The number of rotatable bonds is 6. The second-order valence-corrected chi connectivity index (χ2v) is 7.55. The van der Waals surface area contributed by atoms with E-state index in [4.69, 9.17) is 5.11 Å². The maximum absolute atomic E-state index is 12.5. The topological polar surface area (TPSA) is 94.9 Å². The summed E-state index contributed by atoms with van der Waals surface area (Å²) >= 11 is 0. The minimum absolute atomic E-state index is 0.00374. The molecule has 1 saturated heterocycles. The lowest BCUT2D eigenvalue weighted by atomic mass is 9.78. The number of hydrogen-bond acceptors (Lipinski definition) is 5. The van der Waals surface area contributed by atoms with Crippen molar-refractivity contribution in [3.05, 3.63) is 34.2 Å². The molecule has 2 aliphatic rings. The average Bonchev–Trinajstić information content (AvgIpc) is 2.54. The van der Waals surface area contributed by atoms with Crippen LogP contribution in [0.25, 0.3) is 0 Å². The highest BCUT2D eigenvalue weighted by molar-refractivity contribution is 5.77. The van der Waals surface area contributed by atoms with E-state index in [9.17, 15) is 14.4 Å². The van der Waals surface area contributed by atoms with E-state index in [1.54, 1.807) is 17.0 Å². The van der Waals surface area contributed by atoms with Crippen molar-refractivity contribution in [2.24, 2.45) is 5.92 Å². The van der Waals surface area contributed by atoms with E-state index >= 15 is 0 Å². The first-order valence-electron chi connectivity index (χ1n) is 8.92. The molecule has 3 heterocycles. The molecule has 1 amide bonds. The summed E-state index contributed by atoms with van der Waals surface area (Å²) in [6.45, 7) is 1.94. The predicted molar refractivity (Wildman–Crippen MR) is 96.2 cm³/mol. The Hall–Kier alpha value is -2.19. The number of fused-ring (bicyclic) bond motifs is 4. The summed E-state index contributed by atoms with van der Waals surface area (Å²) in [5, 5.41) is 12.1. The van der Waals surface area contributed by atoms with Crippen LogP contribution in [-0.2, 0) is 9.59 Å². The fourth-order valence-electron chi connectivity index (χ4n) is 4.28. The SMILES string of the molecule is CN(C)CC(=O)NC[C@H]1[C@H]2C[C@H](CN(CC(=O)O)C2)c2cccc(=O)n21. The molecule has 2 N–H and O–H groups in total. The maximum atomic E-state index is 12.5. The van der Waals surface area contributed by atoms with E-state index in [1.807, 2.05) is 29.6 Å². The molecule has 0 aromatic carbocycles. The van der Waals surface area contributed by atoms with Gasteiger partial charge in [0.1, 0.15) is 0 Å². The van der Waals surface area contributed by atoms with Gasteiger partial charge in [-0.25, -0.2) is 0 Å². The number of nitrogens with zero attached hydrogens (tertiary/aromatic N) is 3. The lowest BCUT2D eigenvalue weighted by molar-refractivity contribution is -0.139. The molecule has 0 radical (unpaired) electrons. The van der Waals surface area contributed by atoms with Crippen LogP contribution in [0.5, 0.6) is 0 Å². The second kappa shape index (κ2) is 7.59. The number of aromatic nitrogens is 1. The number of hydrogen-bond donors (Lipinski definition) is 2. The molecule has 142 valence electrons. The predicted octanol–water partition coefficient (Wildman–Crippen LogP) is -0.429. The van der Waals surface area contributed by atoms with Crippen molar-refractivity contribution in [1.82, 2.24) is 19.7 Å². The van der Waals surface area contributed by atoms with E-state index in [0.29, 0.717) is 26.2 Å². The molecule has 8 nitrogen and oxygen atoms in total. The summed E-state index contributed by atoms with van der Waals surface area (Å²) in [6, 6.07) is 5.10. The van der Waals surface area contributed by atoms with Crippen molar-refractivity contribution < 1.29 is 14.7 Å². The Labute approximate surface area is 152 Å². The maximum Gasteiger partial charge on any atom is 0.317 e. The van der Waals surface area contributed by atoms with Gasteiger partial charge in [0.25, 0.3) is 5.56 Å². The Balaban J connectivity index is 1.85. The minimum Gasteiger partial charge on any atom is -0.480 e. The first-order valence-corrected chi connectivity index (χ1v) is 8.92. The van der Waals surface area contributed by atoms with E-state index in [-0.39, 0.29) is 35.9 Å². The lowest BCUT2D eigenvalue weighted by Gasteiger charge is -2.46. The molecular formula is C18H26N4O4. The third kappa shape index (κ3) is 3.96. The average molecular weight is 362 g/mol. The third-order valence-electron chi connectivity index (χ3n) is 5.20. The molecule has 0 aliphatic carbocycles. The van der Waals surface area contributed by atoms with Crippen molar-refractivity contribution in [2.45, 2.75) is 18.4 Å². The van der Waals surface area contributed by atoms with Crippen molar-refractivity contribution >= 4 is 11.9 Å². The van der Waals surface area contributed by atoms with Gasteiger partial charge in [-0.2, -0.15) is 0 Å². The van der Waals surface area contributed by atoms with Gasteiger partial charge in [0.05, 0.1) is 19.1 Å². The van der Waals surface area contributed by atoms with E-state index in [2.05, 4.69) is 5.32 Å². The van der Waals surface area contributed by atoms with Crippen LogP contribution >= 0.6 is 0 Å². The van der Waals surface area contributed by atoms with Crippen LogP contribution in [-0.4, -0.2) is 78.2 Å². The molecule has 1 aromatic heterocycles. The number of carboxylic acids is 1. The number of carboxylic acid groups (broad SMARTS) is 1. The molecule has 2 aliphatic heterocycles. The molecule has 3 rings (SSSR count). The van der Waals surface area contributed by atoms with Gasteiger partial charge in [-0.1, -0.05) is 6.07 Å². The van der Waals surface area contributed by atoms with Crippen molar-refractivity contribution in [3.63, 3.8) is 0 Å². The molecule has 1 fully saturated rings. The normalized spacial score (nSPS) is 25.0. The van der Waals surface area contributed by atoms with Gasteiger partial charge >= 0.3 is 5.97 Å². The zero-order chi connectivity index (χ0) is 18.8. The standard InChI is InChI=1S/C18H26N4O4/c1-20(2)10-16(23)19-7-15-13-6-12(8-21(9-13)11-18(25)26)14-4-3-5-17(24)22(14)15/h3-5,12-13,15H,6-11H2,1-2H3,(H,19,23)(H,25,26)/t12-,13+,15+/m1/s1. The van der Waals surface area contributed by atoms with E-state index in [0.717, 1.165) is 12.1 Å². The van der Waals surface area contributed by atoms with Crippen LogP contribution < -0.4 is 10.9 Å². The highest BCUT2D eigenvalue weighted by Crippen LogP contribution is 2.40. The minimum atomic E-state index is -0.841. The Morgan fingerprint density at radius 1 is 1.31 bits per heavy atom. The highest BCUT2D eigenvalue weighted by Gasteiger charge is 2.40. The summed E-state index contributed by atoms with van der Waals surface area (Å²) in [4.78, 5) is 39.4. The van der Waals surface area contributed by atoms with Gasteiger partial charge in [-0.05, 0) is 32.5 Å². The van der Waals surface area contributed by atoms with Crippen molar-refractivity contribution in [1.29, 1.82) is 0 Å². The quantitative estimate of drug-likeness (QED) is 0.713. The van der Waals surface area contributed by atoms with Crippen LogP contribution in [0.3, 0.4) is 0 Å². The Bertz CT molecular complexity index is 745. The van der Waals surface area contributed by atoms with Gasteiger partial charge in [0, 0.05) is 37.3 Å². The fraction of sp³-hybridized carbons (Fsp3) is 0.611. The number of carbonyl (C=O) groups is 2. The second-order valence-electron chi connectivity index (χ2n) is 7.55. The summed E-state index contributed by atoms with van der Waals surface area (Å²) in [7, 11) is 3.66. The van der Waals surface area contributed by atoms with Gasteiger partial charge in [-0.3, -0.25) is 19.3 Å². The number of pyridine rings is 1. The molecule has 0 unspecified atom stereocenters. The number of likely N-dealkylation sites (N-methyl/N-ethyl adjacent to an activating group) is 1. The third-order valence-corrected chi connectivity index (χ3v) is 5.20. The van der Waals surface area contributed by atoms with E-state index in [1.165, 1.54) is 0 Å². The number of aliphatic carboxylic acids is 1. The Morgan fingerprint density at radius 3 is 2.77 bits per heavy atom. The molecular weight excluding hydrogens is 336 g/mol. The largest absolute Gasteiger partial charge is 0.480 e. The van der Waals surface area contributed by atoms with Crippen LogP contribution in [0.15, 0.2) is 23.0 Å². The Morgan fingerprint density at radius 2 is 2.08 bits per heavy atom. The number of carbonyl (C=O) groups excluding carboxylic acids is 1. The summed E-state index contributed by atoms with van der Waals surface area (Å²) in [6.07, 6.45) is 0.911. The Kier molecular flexibility index (Phi) is 5.43. The highest BCUT2D eigenvalue weighted by atomic mass is 16.4. The number of piperidine rings is 1. The molecule has 1 aromatic rings. The molecule has 8 heteroatoms. The zero-order valence-electron chi connectivity index (χ0n) is 15.2. The number of nitrogens with one attached hydrogen (secondary N) is 1. The summed E-state index contributed by atoms with van der Waals surface area (Å²) < 4.78 is 1.81.